The zero-order valence-corrected chi connectivity index (χ0v) is 8.85. The van der Waals surface area contributed by atoms with Gasteiger partial charge in [-0.2, -0.15) is 0 Å². The number of hydrogen-bond acceptors (Lipinski definition) is 1. The summed E-state index contributed by atoms with van der Waals surface area (Å²) in [6.07, 6.45) is 12.5. The number of dihydropyridines is 1. The normalized spacial score (nSPS) is 24.3. The lowest BCUT2D eigenvalue weighted by Crippen LogP contribution is -2.35. The van der Waals surface area contributed by atoms with Crippen LogP contribution >= 0.6 is 0 Å². The van der Waals surface area contributed by atoms with Gasteiger partial charge in [0.2, 0.25) is 0 Å². The topological polar surface area (TPSA) is 12.0 Å². The minimum absolute atomic E-state index is 0.0649. The molecule has 0 saturated carbocycles. The molecule has 1 unspecified atom stereocenters. The summed E-state index contributed by atoms with van der Waals surface area (Å²) in [5.41, 5.74) is 1.16. The maximum atomic E-state index is 3.31. The predicted molar refractivity (Wildman–Crippen MR) is 65.3 cm³/mol. The van der Waals surface area contributed by atoms with Crippen LogP contribution < -0.4 is 5.32 Å². The van der Waals surface area contributed by atoms with Gasteiger partial charge in [0, 0.05) is 0 Å². The van der Waals surface area contributed by atoms with Gasteiger partial charge in [-0.15, -0.1) is 0 Å². The van der Waals surface area contributed by atoms with E-state index in [9.17, 15) is 0 Å². The molecule has 1 N–H and O–H groups in total. The van der Waals surface area contributed by atoms with Crippen LogP contribution in [0.15, 0.2) is 60.8 Å². The lowest BCUT2D eigenvalue weighted by molar-refractivity contribution is 0.614. The Morgan fingerprint density at radius 3 is 2.60 bits per heavy atom. The maximum absolute atomic E-state index is 3.31. The summed E-state index contributed by atoms with van der Waals surface area (Å²) in [5.74, 6) is 0. The number of rotatable bonds is 2. The molecule has 0 aliphatic carbocycles. The first-order chi connectivity index (χ1) is 7.29. The summed E-state index contributed by atoms with van der Waals surface area (Å²) in [5, 5.41) is 3.31. The molecule has 0 fully saturated rings. The first kappa shape index (κ1) is 9.78. The summed E-state index contributed by atoms with van der Waals surface area (Å²) in [4.78, 5) is 0. The lowest BCUT2D eigenvalue weighted by atomic mass is 9.98. The molecule has 1 aliphatic rings. The summed E-state index contributed by atoms with van der Waals surface area (Å²) in [7, 11) is 0. The van der Waals surface area contributed by atoms with Crippen LogP contribution in [0.25, 0.3) is 6.08 Å². The van der Waals surface area contributed by atoms with Crippen molar-refractivity contribution < 1.29 is 0 Å². The van der Waals surface area contributed by atoms with Crippen molar-refractivity contribution in [3.63, 3.8) is 0 Å². The maximum Gasteiger partial charge on any atom is 0.0712 e. The molecule has 1 heteroatoms. The third-order valence-corrected chi connectivity index (χ3v) is 2.47. The van der Waals surface area contributed by atoms with E-state index in [4.69, 9.17) is 0 Å². The predicted octanol–water partition coefficient (Wildman–Crippen LogP) is 3.13. The molecule has 15 heavy (non-hydrogen) atoms. The van der Waals surface area contributed by atoms with E-state index in [1.807, 2.05) is 30.5 Å². The molecule has 1 aromatic rings. The molecule has 1 heterocycles. The van der Waals surface area contributed by atoms with Crippen LogP contribution in [-0.2, 0) is 0 Å². The van der Waals surface area contributed by atoms with Crippen molar-refractivity contribution in [2.75, 3.05) is 0 Å². The Bertz CT molecular complexity index is 401. The van der Waals surface area contributed by atoms with Crippen molar-refractivity contribution >= 4 is 6.08 Å². The van der Waals surface area contributed by atoms with Crippen LogP contribution in [0.3, 0.4) is 0 Å². The summed E-state index contributed by atoms with van der Waals surface area (Å²) in [6.45, 7) is 2.15. The van der Waals surface area contributed by atoms with E-state index in [0.717, 1.165) is 0 Å². The fraction of sp³-hybridized carbons (Fsp3) is 0.143. The van der Waals surface area contributed by atoms with E-state index in [0.29, 0.717) is 0 Å². The molecule has 0 spiro atoms. The van der Waals surface area contributed by atoms with Crippen molar-refractivity contribution in [1.29, 1.82) is 0 Å². The highest BCUT2D eigenvalue weighted by molar-refractivity contribution is 5.51. The quantitative estimate of drug-likeness (QED) is 0.768. The number of benzene rings is 1. The monoisotopic (exact) mass is 197 g/mol. The average Bonchev–Trinajstić information content (AvgIpc) is 2.29. The molecular formula is C14H15N. The molecule has 1 aromatic carbocycles. The first-order valence-corrected chi connectivity index (χ1v) is 5.15. The van der Waals surface area contributed by atoms with Crippen molar-refractivity contribution in [2.45, 2.75) is 12.5 Å². The molecule has 0 radical (unpaired) electrons. The second kappa shape index (κ2) is 4.18. The van der Waals surface area contributed by atoms with E-state index in [1.165, 1.54) is 5.56 Å². The zero-order chi connectivity index (χ0) is 10.6. The van der Waals surface area contributed by atoms with Gasteiger partial charge in [-0.1, -0.05) is 54.6 Å². The molecule has 76 valence electrons. The third kappa shape index (κ3) is 2.59. The third-order valence-electron chi connectivity index (χ3n) is 2.47. The van der Waals surface area contributed by atoms with Gasteiger partial charge in [0.1, 0.15) is 0 Å². The Kier molecular flexibility index (Phi) is 2.72. The zero-order valence-electron chi connectivity index (χ0n) is 8.85. The SMILES string of the molecule is CC1(C=Cc2ccccc2)C=CC=CN1. The second-order valence-corrected chi connectivity index (χ2v) is 3.89. The van der Waals surface area contributed by atoms with E-state index < -0.39 is 0 Å². The van der Waals surface area contributed by atoms with Gasteiger partial charge in [-0.05, 0) is 24.8 Å². The van der Waals surface area contributed by atoms with Gasteiger partial charge >= 0.3 is 0 Å². The van der Waals surface area contributed by atoms with Crippen LogP contribution in [0.2, 0.25) is 0 Å². The van der Waals surface area contributed by atoms with Crippen molar-refractivity contribution in [3.8, 4) is 0 Å². The lowest BCUT2D eigenvalue weighted by Gasteiger charge is -2.24. The Morgan fingerprint density at radius 1 is 1.13 bits per heavy atom. The first-order valence-electron chi connectivity index (χ1n) is 5.15. The Morgan fingerprint density at radius 2 is 1.93 bits per heavy atom. The van der Waals surface area contributed by atoms with Gasteiger partial charge in [-0.25, -0.2) is 0 Å². The fourth-order valence-corrected chi connectivity index (χ4v) is 1.52. The van der Waals surface area contributed by atoms with Crippen LogP contribution in [0.4, 0.5) is 0 Å². The van der Waals surface area contributed by atoms with E-state index in [-0.39, 0.29) is 5.54 Å². The van der Waals surface area contributed by atoms with Crippen LogP contribution in [0, 0.1) is 0 Å². The molecule has 1 atom stereocenters. The highest BCUT2D eigenvalue weighted by Gasteiger charge is 2.15. The van der Waals surface area contributed by atoms with Gasteiger partial charge < -0.3 is 5.32 Å². The van der Waals surface area contributed by atoms with E-state index in [1.54, 1.807) is 0 Å². The van der Waals surface area contributed by atoms with Gasteiger partial charge in [0.15, 0.2) is 0 Å². The number of hydrogen-bond donors (Lipinski definition) is 1. The average molecular weight is 197 g/mol. The Labute approximate surface area is 90.8 Å². The summed E-state index contributed by atoms with van der Waals surface area (Å²) < 4.78 is 0. The van der Waals surface area contributed by atoms with Crippen LogP contribution in [-0.4, -0.2) is 5.54 Å². The minimum atomic E-state index is -0.0649. The smallest absolute Gasteiger partial charge is 0.0712 e. The van der Waals surface area contributed by atoms with Gasteiger partial charge in [0.05, 0.1) is 5.54 Å². The Balaban J connectivity index is 2.12. The largest absolute Gasteiger partial charge is 0.379 e. The molecule has 0 aromatic heterocycles. The molecule has 0 saturated heterocycles. The van der Waals surface area contributed by atoms with E-state index in [2.05, 4.69) is 48.7 Å². The van der Waals surface area contributed by atoms with Crippen molar-refractivity contribution in [1.82, 2.24) is 5.32 Å². The summed E-state index contributed by atoms with van der Waals surface area (Å²) >= 11 is 0. The second-order valence-electron chi connectivity index (χ2n) is 3.89. The van der Waals surface area contributed by atoms with Gasteiger partial charge in [-0.3, -0.25) is 0 Å². The van der Waals surface area contributed by atoms with Crippen LogP contribution in [0.5, 0.6) is 0 Å². The highest BCUT2D eigenvalue weighted by Crippen LogP contribution is 2.14. The van der Waals surface area contributed by atoms with E-state index >= 15 is 0 Å². The minimum Gasteiger partial charge on any atom is -0.379 e. The standard InChI is InChI=1S/C14H15N/c1-14(10-5-6-12-15-14)11-9-13-7-3-2-4-8-13/h2-12,15H,1H3. The molecule has 0 amide bonds. The molecule has 2 rings (SSSR count). The summed E-state index contributed by atoms with van der Waals surface area (Å²) in [6, 6.07) is 10.3. The fourth-order valence-electron chi connectivity index (χ4n) is 1.52. The molecule has 0 bridgehead atoms. The van der Waals surface area contributed by atoms with Crippen molar-refractivity contribution in [3.05, 3.63) is 66.4 Å². The Hall–Kier alpha value is -1.76. The molecule has 1 nitrogen and oxygen atoms in total. The number of allylic oxidation sites excluding steroid dienone is 2. The highest BCUT2D eigenvalue weighted by atomic mass is 14.9. The van der Waals surface area contributed by atoms with Crippen LogP contribution in [0.1, 0.15) is 12.5 Å². The van der Waals surface area contributed by atoms with Crippen molar-refractivity contribution in [2.24, 2.45) is 0 Å². The number of nitrogens with one attached hydrogen (secondary N) is 1. The molecule has 1 aliphatic heterocycles. The molecular weight excluding hydrogens is 182 g/mol. The van der Waals surface area contributed by atoms with Gasteiger partial charge in [0.25, 0.3) is 0 Å².